The standard InChI is InChI=1S/C28H21ClN2O3S/c1-18-9-12-22(13-10-18)30-27(32)20-11-14-26-24(16-20)31(17-19-5-4-6-21(29)15-19)28(33)23-7-2-3-8-25(23)35(26)34/h2-16H,17H2,1H3,(H,30,32). The molecule has 2 amide bonds. The van der Waals surface area contributed by atoms with E-state index in [1.165, 1.54) is 0 Å². The number of benzene rings is 4. The van der Waals surface area contributed by atoms with Gasteiger partial charge in [0.25, 0.3) is 11.8 Å². The Morgan fingerprint density at radius 2 is 1.69 bits per heavy atom. The first-order valence-corrected chi connectivity index (χ1v) is 12.5. The number of nitrogens with one attached hydrogen (secondary N) is 1. The van der Waals surface area contributed by atoms with Gasteiger partial charge in [0, 0.05) is 16.3 Å². The number of hydrogen-bond acceptors (Lipinski definition) is 3. The minimum absolute atomic E-state index is 0.209. The van der Waals surface area contributed by atoms with Crippen molar-refractivity contribution in [2.45, 2.75) is 23.3 Å². The van der Waals surface area contributed by atoms with Crippen molar-refractivity contribution >= 4 is 45.6 Å². The van der Waals surface area contributed by atoms with E-state index in [2.05, 4.69) is 5.32 Å². The van der Waals surface area contributed by atoms with E-state index >= 15 is 0 Å². The third kappa shape index (κ3) is 4.63. The predicted molar refractivity (Wildman–Crippen MR) is 139 cm³/mol. The summed E-state index contributed by atoms with van der Waals surface area (Å²) in [5.41, 5.74) is 3.73. The number of amides is 2. The lowest BCUT2D eigenvalue weighted by atomic mass is 10.1. The number of halogens is 1. The molecule has 0 bridgehead atoms. The summed E-state index contributed by atoms with van der Waals surface area (Å²) in [6, 6.07) is 26.6. The third-order valence-corrected chi connectivity index (χ3v) is 7.55. The number of hydrogen-bond donors (Lipinski definition) is 1. The summed E-state index contributed by atoms with van der Waals surface area (Å²) in [6.45, 7) is 2.18. The van der Waals surface area contributed by atoms with Crippen molar-refractivity contribution in [3.63, 3.8) is 0 Å². The molecule has 1 aliphatic heterocycles. The number of aryl methyl sites for hydroxylation is 1. The number of fused-ring (bicyclic) bond motifs is 2. The van der Waals surface area contributed by atoms with Gasteiger partial charge in [0.1, 0.15) is 0 Å². The fourth-order valence-electron chi connectivity index (χ4n) is 4.02. The Morgan fingerprint density at radius 3 is 2.46 bits per heavy atom. The minimum Gasteiger partial charge on any atom is -0.322 e. The molecule has 35 heavy (non-hydrogen) atoms. The first-order chi connectivity index (χ1) is 16.9. The number of anilines is 2. The van der Waals surface area contributed by atoms with Crippen LogP contribution < -0.4 is 10.2 Å². The average Bonchev–Trinajstić information content (AvgIpc) is 2.95. The van der Waals surface area contributed by atoms with Crippen molar-refractivity contribution in [2.24, 2.45) is 0 Å². The first-order valence-electron chi connectivity index (χ1n) is 11.0. The van der Waals surface area contributed by atoms with Crippen LogP contribution in [-0.2, 0) is 17.3 Å². The zero-order valence-electron chi connectivity index (χ0n) is 18.8. The summed E-state index contributed by atoms with van der Waals surface area (Å²) in [6.07, 6.45) is 0. The van der Waals surface area contributed by atoms with Gasteiger partial charge in [-0.3, -0.25) is 9.59 Å². The quantitative estimate of drug-likeness (QED) is 0.361. The van der Waals surface area contributed by atoms with E-state index in [4.69, 9.17) is 11.6 Å². The monoisotopic (exact) mass is 500 g/mol. The molecule has 0 aliphatic carbocycles. The smallest absolute Gasteiger partial charge is 0.259 e. The van der Waals surface area contributed by atoms with Crippen molar-refractivity contribution in [2.75, 3.05) is 10.2 Å². The van der Waals surface area contributed by atoms with Gasteiger partial charge < -0.3 is 10.2 Å². The number of carbonyl (C=O) groups is 2. The molecule has 0 spiro atoms. The fraction of sp³-hybridized carbons (Fsp3) is 0.0714. The van der Waals surface area contributed by atoms with Gasteiger partial charge in [-0.1, -0.05) is 53.6 Å². The molecule has 1 atom stereocenters. The molecule has 0 aromatic heterocycles. The van der Waals surface area contributed by atoms with Crippen LogP contribution in [0.1, 0.15) is 31.8 Å². The van der Waals surface area contributed by atoms with Crippen molar-refractivity contribution in [1.82, 2.24) is 0 Å². The summed E-state index contributed by atoms with van der Waals surface area (Å²) in [4.78, 5) is 29.2. The molecule has 0 saturated heterocycles. The molecule has 1 unspecified atom stereocenters. The Bertz CT molecular complexity index is 1480. The molecule has 0 fully saturated rings. The van der Waals surface area contributed by atoms with Crippen molar-refractivity contribution in [1.29, 1.82) is 0 Å². The van der Waals surface area contributed by atoms with Crippen LogP contribution in [0.3, 0.4) is 0 Å². The fourth-order valence-corrected chi connectivity index (χ4v) is 5.58. The highest BCUT2D eigenvalue weighted by molar-refractivity contribution is 7.85. The normalized spacial score (nSPS) is 14.6. The molecule has 1 N–H and O–H groups in total. The molecule has 4 aromatic carbocycles. The highest BCUT2D eigenvalue weighted by Gasteiger charge is 2.31. The lowest BCUT2D eigenvalue weighted by Crippen LogP contribution is -2.30. The summed E-state index contributed by atoms with van der Waals surface area (Å²) in [7, 11) is -1.59. The van der Waals surface area contributed by atoms with E-state index in [-0.39, 0.29) is 18.4 Å². The topological polar surface area (TPSA) is 66.5 Å². The average molecular weight is 501 g/mol. The molecular formula is C28H21ClN2O3S. The van der Waals surface area contributed by atoms with Crippen molar-refractivity contribution < 1.29 is 13.8 Å². The molecule has 4 aromatic rings. The molecular weight excluding hydrogens is 480 g/mol. The first kappa shape index (κ1) is 23.0. The highest BCUT2D eigenvalue weighted by Crippen LogP contribution is 2.36. The highest BCUT2D eigenvalue weighted by atomic mass is 35.5. The lowest BCUT2D eigenvalue weighted by Gasteiger charge is -2.24. The van der Waals surface area contributed by atoms with Crippen LogP contribution in [0.2, 0.25) is 5.02 Å². The maximum absolute atomic E-state index is 13.7. The predicted octanol–water partition coefficient (Wildman–Crippen LogP) is 6.23. The number of carbonyl (C=O) groups excluding carboxylic acids is 2. The SMILES string of the molecule is Cc1ccc(NC(=O)c2ccc3c(c2)N(Cc2cccc(Cl)c2)C(=O)c2ccccc2S3=O)cc1. The zero-order chi connectivity index (χ0) is 24.5. The van der Waals surface area contributed by atoms with Gasteiger partial charge in [0.2, 0.25) is 0 Å². The van der Waals surface area contributed by atoms with Crippen molar-refractivity contribution in [3.8, 4) is 0 Å². The number of nitrogens with zero attached hydrogens (tertiary/aromatic N) is 1. The number of rotatable bonds is 4. The van der Waals surface area contributed by atoms with Crippen LogP contribution >= 0.6 is 11.6 Å². The molecule has 5 rings (SSSR count). The third-order valence-electron chi connectivity index (χ3n) is 5.81. The Balaban J connectivity index is 1.59. The molecule has 0 saturated carbocycles. The second kappa shape index (κ2) is 9.49. The van der Waals surface area contributed by atoms with E-state index < -0.39 is 10.8 Å². The second-order valence-electron chi connectivity index (χ2n) is 8.29. The van der Waals surface area contributed by atoms with Gasteiger partial charge in [-0.2, -0.15) is 0 Å². The van der Waals surface area contributed by atoms with Crippen LogP contribution in [0.15, 0.2) is 101 Å². The molecule has 1 heterocycles. The van der Waals surface area contributed by atoms with Crippen LogP contribution in [0.4, 0.5) is 11.4 Å². The largest absolute Gasteiger partial charge is 0.322 e. The van der Waals surface area contributed by atoms with E-state index in [1.54, 1.807) is 59.5 Å². The summed E-state index contributed by atoms with van der Waals surface area (Å²) in [5.74, 6) is -0.608. The van der Waals surface area contributed by atoms with E-state index in [1.807, 2.05) is 43.3 Å². The van der Waals surface area contributed by atoms with Gasteiger partial charge in [-0.15, -0.1) is 0 Å². The summed E-state index contributed by atoms with van der Waals surface area (Å²) in [5, 5.41) is 3.44. The molecule has 0 radical (unpaired) electrons. The van der Waals surface area contributed by atoms with Crippen LogP contribution in [-0.4, -0.2) is 16.0 Å². The van der Waals surface area contributed by atoms with Crippen LogP contribution in [0.25, 0.3) is 0 Å². The molecule has 174 valence electrons. The Hall–Kier alpha value is -3.74. The van der Waals surface area contributed by atoms with Gasteiger partial charge in [0.05, 0.1) is 38.4 Å². The lowest BCUT2D eigenvalue weighted by molar-refractivity contribution is 0.0979. The maximum atomic E-state index is 13.7. The van der Waals surface area contributed by atoms with Crippen LogP contribution in [0.5, 0.6) is 0 Å². The van der Waals surface area contributed by atoms with Gasteiger partial charge in [0.15, 0.2) is 0 Å². The summed E-state index contributed by atoms with van der Waals surface area (Å²) >= 11 is 6.18. The van der Waals surface area contributed by atoms with E-state index in [0.29, 0.717) is 37.3 Å². The van der Waals surface area contributed by atoms with E-state index in [9.17, 15) is 13.8 Å². The van der Waals surface area contributed by atoms with Gasteiger partial charge in [-0.25, -0.2) is 4.21 Å². The van der Waals surface area contributed by atoms with Gasteiger partial charge in [-0.05, 0) is 67.1 Å². The zero-order valence-corrected chi connectivity index (χ0v) is 20.4. The Labute approximate surface area is 210 Å². The van der Waals surface area contributed by atoms with Crippen molar-refractivity contribution in [3.05, 3.63) is 118 Å². The summed E-state index contributed by atoms with van der Waals surface area (Å²) < 4.78 is 13.5. The van der Waals surface area contributed by atoms with Crippen LogP contribution in [0, 0.1) is 6.92 Å². The molecule has 7 heteroatoms. The second-order valence-corrected chi connectivity index (χ2v) is 10.1. The Kier molecular flexibility index (Phi) is 6.24. The Morgan fingerprint density at radius 1 is 0.914 bits per heavy atom. The molecule has 5 nitrogen and oxygen atoms in total. The molecule has 1 aliphatic rings. The maximum Gasteiger partial charge on any atom is 0.259 e. The van der Waals surface area contributed by atoms with E-state index in [0.717, 1.165) is 11.1 Å². The minimum atomic E-state index is -1.59. The van der Waals surface area contributed by atoms with Gasteiger partial charge >= 0.3 is 0 Å².